The number of carbonyl (C=O) groups is 1. The van der Waals surface area contributed by atoms with Gasteiger partial charge in [0.25, 0.3) is 0 Å². The third-order valence-electron chi connectivity index (χ3n) is 4.50. The molecule has 1 atom stereocenters. The molecule has 0 saturated carbocycles. The van der Waals surface area contributed by atoms with Crippen molar-refractivity contribution in [1.82, 2.24) is 20.1 Å². The predicted molar refractivity (Wildman–Crippen MR) is 97.1 cm³/mol. The van der Waals surface area contributed by atoms with Gasteiger partial charge in [0, 0.05) is 18.9 Å². The van der Waals surface area contributed by atoms with Crippen LogP contribution >= 0.6 is 0 Å². The number of benzene rings is 2. The van der Waals surface area contributed by atoms with Gasteiger partial charge in [-0.3, -0.25) is 4.79 Å². The Hall–Kier alpha value is -3.22. The number of nitrogens with zero attached hydrogens (tertiary/aromatic N) is 3. The van der Waals surface area contributed by atoms with E-state index in [1.54, 1.807) is 18.2 Å². The van der Waals surface area contributed by atoms with Crippen molar-refractivity contribution in [3.8, 4) is 11.4 Å². The van der Waals surface area contributed by atoms with Crippen LogP contribution in [0.2, 0.25) is 0 Å². The van der Waals surface area contributed by atoms with Crippen molar-refractivity contribution >= 4 is 5.91 Å². The second-order valence-corrected chi connectivity index (χ2v) is 6.39. The second-order valence-electron chi connectivity index (χ2n) is 6.39. The minimum atomic E-state index is -0.376. The van der Waals surface area contributed by atoms with Crippen LogP contribution in [0.1, 0.15) is 30.4 Å². The minimum absolute atomic E-state index is 0.0239. The Morgan fingerprint density at radius 1 is 1.15 bits per heavy atom. The van der Waals surface area contributed by atoms with Crippen molar-refractivity contribution < 1.29 is 13.9 Å². The van der Waals surface area contributed by atoms with Gasteiger partial charge in [-0.2, -0.15) is 0 Å². The highest BCUT2D eigenvalue weighted by Gasteiger charge is 2.26. The first kappa shape index (κ1) is 17.2. The summed E-state index contributed by atoms with van der Waals surface area (Å²) in [6.07, 6.45) is 1.07. The maximum absolute atomic E-state index is 14.4. The predicted octanol–water partition coefficient (Wildman–Crippen LogP) is 2.98. The molecule has 0 unspecified atom stereocenters. The number of para-hydroxylation sites is 2. The summed E-state index contributed by atoms with van der Waals surface area (Å²) >= 11 is 0. The Morgan fingerprint density at radius 3 is 2.67 bits per heavy atom. The van der Waals surface area contributed by atoms with E-state index in [4.69, 9.17) is 4.74 Å². The van der Waals surface area contributed by atoms with Crippen molar-refractivity contribution in [1.29, 1.82) is 0 Å². The Labute approximate surface area is 156 Å². The quantitative estimate of drug-likeness (QED) is 0.754. The number of hydrogen-bond donors (Lipinski definition) is 1. The van der Waals surface area contributed by atoms with E-state index in [2.05, 4.69) is 15.4 Å². The third-order valence-corrected chi connectivity index (χ3v) is 4.50. The van der Waals surface area contributed by atoms with Crippen LogP contribution in [-0.4, -0.2) is 27.2 Å². The summed E-state index contributed by atoms with van der Waals surface area (Å²) in [7, 11) is 0. The van der Waals surface area contributed by atoms with Gasteiger partial charge in [-0.05, 0) is 30.7 Å². The van der Waals surface area contributed by atoms with Crippen LogP contribution in [-0.2, 0) is 11.4 Å². The topological polar surface area (TPSA) is 69.0 Å². The molecule has 3 aromatic rings. The second kappa shape index (κ2) is 7.57. The monoisotopic (exact) mass is 366 g/mol. The first-order chi connectivity index (χ1) is 13.2. The molecule has 4 rings (SSSR count). The third kappa shape index (κ3) is 3.81. The van der Waals surface area contributed by atoms with Gasteiger partial charge in [-0.1, -0.05) is 30.3 Å². The maximum Gasteiger partial charge on any atom is 0.220 e. The molecule has 6 nitrogen and oxygen atoms in total. The number of rotatable bonds is 5. The molecule has 1 saturated heterocycles. The Kier molecular flexibility index (Phi) is 4.82. The van der Waals surface area contributed by atoms with Gasteiger partial charge >= 0.3 is 0 Å². The number of hydrogen-bond acceptors (Lipinski definition) is 4. The lowest BCUT2D eigenvalue weighted by Crippen LogP contribution is -2.34. The molecule has 0 aliphatic carbocycles. The summed E-state index contributed by atoms with van der Waals surface area (Å²) in [5.74, 6) is 1.43. The zero-order valence-corrected chi connectivity index (χ0v) is 14.6. The highest BCUT2D eigenvalue weighted by atomic mass is 19.1. The summed E-state index contributed by atoms with van der Waals surface area (Å²) < 4.78 is 21.6. The van der Waals surface area contributed by atoms with Gasteiger partial charge in [0.15, 0.2) is 5.82 Å². The van der Waals surface area contributed by atoms with Crippen LogP contribution in [0.15, 0.2) is 54.6 Å². The molecule has 27 heavy (non-hydrogen) atoms. The molecule has 1 amide bonds. The van der Waals surface area contributed by atoms with Gasteiger partial charge in [-0.25, -0.2) is 14.1 Å². The van der Waals surface area contributed by atoms with E-state index >= 15 is 0 Å². The summed E-state index contributed by atoms with van der Waals surface area (Å²) in [6.45, 7) is 0.641. The number of nitrogens with one attached hydrogen (secondary N) is 1. The van der Waals surface area contributed by atoms with Crippen molar-refractivity contribution in [2.24, 2.45) is 0 Å². The molecule has 7 heteroatoms. The van der Waals surface area contributed by atoms with E-state index in [9.17, 15) is 9.18 Å². The first-order valence-electron chi connectivity index (χ1n) is 8.86. The molecule has 138 valence electrons. The van der Waals surface area contributed by atoms with E-state index in [0.29, 0.717) is 42.5 Å². The molecule has 1 aromatic heterocycles. The SMILES string of the molecule is O=C1CC[C@@H](c2nc(COc3ccccc3)nn2-c2ccccc2F)CN1. The number of ether oxygens (including phenoxy) is 1. The standard InChI is InChI=1S/C20H19FN4O2/c21-16-8-4-5-9-17(16)25-20(14-10-11-19(26)22-12-14)23-18(24-25)13-27-15-6-2-1-3-7-15/h1-9,14H,10-13H2,(H,22,26)/t14-/m1/s1. The first-order valence-corrected chi connectivity index (χ1v) is 8.86. The van der Waals surface area contributed by atoms with Gasteiger partial charge in [0.1, 0.15) is 29.7 Å². The number of halogens is 1. The number of carbonyl (C=O) groups excluding carboxylic acids is 1. The van der Waals surface area contributed by atoms with Crippen molar-refractivity contribution in [3.63, 3.8) is 0 Å². The van der Waals surface area contributed by atoms with Crippen LogP contribution < -0.4 is 10.1 Å². The smallest absolute Gasteiger partial charge is 0.220 e. The van der Waals surface area contributed by atoms with Crippen molar-refractivity contribution in [2.75, 3.05) is 6.54 Å². The van der Waals surface area contributed by atoms with Crippen LogP contribution in [0.3, 0.4) is 0 Å². The number of piperidine rings is 1. The maximum atomic E-state index is 14.4. The van der Waals surface area contributed by atoms with Gasteiger partial charge < -0.3 is 10.1 Å². The molecule has 0 spiro atoms. The Bertz CT molecular complexity index is 932. The minimum Gasteiger partial charge on any atom is -0.486 e. The largest absolute Gasteiger partial charge is 0.486 e. The summed E-state index contributed by atoms with van der Waals surface area (Å²) in [4.78, 5) is 16.1. The molecule has 1 fully saturated rings. The van der Waals surface area contributed by atoms with Crippen LogP contribution in [0.4, 0.5) is 4.39 Å². The summed E-state index contributed by atoms with van der Waals surface area (Å²) in [5, 5.41) is 7.32. The van der Waals surface area contributed by atoms with E-state index in [1.807, 2.05) is 30.3 Å². The van der Waals surface area contributed by atoms with Crippen LogP contribution in [0.5, 0.6) is 5.75 Å². The van der Waals surface area contributed by atoms with Gasteiger partial charge in [-0.15, -0.1) is 5.10 Å². The lowest BCUT2D eigenvalue weighted by molar-refractivity contribution is -0.122. The molecular weight excluding hydrogens is 347 g/mol. The average molecular weight is 366 g/mol. The Balaban J connectivity index is 1.64. The number of amides is 1. The summed E-state index contributed by atoms with van der Waals surface area (Å²) in [6, 6.07) is 15.8. The molecule has 1 N–H and O–H groups in total. The molecule has 1 aliphatic rings. The van der Waals surface area contributed by atoms with E-state index < -0.39 is 0 Å². The normalized spacial score (nSPS) is 16.8. The molecule has 2 aromatic carbocycles. The highest BCUT2D eigenvalue weighted by Crippen LogP contribution is 2.26. The van der Waals surface area contributed by atoms with Gasteiger partial charge in [0.05, 0.1) is 0 Å². The fraction of sp³-hybridized carbons (Fsp3) is 0.250. The van der Waals surface area contributed by atoms with Gasteiger partial charge in [0.2, 0.25) is 5.91 Å². The molecule has 2 heterocycles. The molecular formula is C20H19FN4O2. The average Bonchev–Trinajstić information content (AvgIpc) is 3.12. The zero-order valence-electron chi connectivity index (χ0n) is 14.6. The van der Waals surface area contributed by atoms with Crippen LogP contribution in [0.25, 0.3) is 5.69 Å². The van der Waals surface area contributed by atoms with E-state index in [1.165, 1.54) is 10.7 Å². The van der Waals surface area contributed by atoms with E-state index in [-0.39, 0.29) is 24.2 Å². The fourth-order valence-electron chi connectivity index (χ4n) is 3.11. The van der Waals surface area contributed by atoms with Crippen LogP contribution in [0, 0.1) is 5.82 Å². The fourth-order valence-corrected chi connectivity index (χ4v) is 3.11. The molecule has 0 radical (unpaired) electrons. The highest BCUT2D eigenvalue weighted by molar-refractivity contribution is 5.76. The lowest BCUT2D eigenvalue weighted by atomic mass is 9.98. The number of aromatic nitrogens is 3. The van der Waals surface area contributed by atoms with Crippen molar-refractivity contribution in [3.05, 3.63) is 72.1 Å². The summed E-state index contributed by atoms with van der Waals surface area (Å²) in [5.41, 5.74) is 0.336. The van der Waals surface area contributed by atoms with E-state index in [0.717, 1.165) is 0 Å². The Morgan fingerprint density at radius 2 is 1.93 bits per heavy atom. The van der Waals surface area contributed by atoms with Crippen molar-refractivity contribution in [2.45, 2.75) is 25.4 Å². The lowest BCUT2D eigenvalue weighted by Gasteiger charge is -2.22. The zero-order chi connectivity index (χ0) is 18.6. The molecule has 0 bridgehead atoms. The molecule has 1 aliphatic heterocycles.